The second-order valence-electron chi connectivity index (χ2n) is 5.26. The molecule has 142 valence electrons. The summed E-state index contributed by atoms with van der Waals surface area (Å²) in [6, 6.07) is 13.0. The van der Waals surface area contributed by atoms with Crippen LogP contribution in [0.25, 0.3) is 0 Å². The molecule has 0 aliphatic rings. The molecule has 0 aromatic heterocycles. The van der Waals surface area contributed by atoms with Gasteiger partial charge in [0.2, 0.25) is 0 Å². The predicted molar refractivity (Wildman–Crippen MR) is 90.0 cm³/mol. The number of benzene rings is 2. The van der Waals surface area contributed by atoms with Crippen LogP contribution in [0.15, 0.2) is 54.6 Å². The summed E-state index contributed by atoms with van der Waals surface area (Å²) in [5.41, 5.74) is 4.74. The highest BCUT2D eigenvalue weighted by Crippen LogP contribution is 2.15. The van der Waals surface area contributed by atoms with Gasteiger partial charge < -0.3 is 9.47 Å². The van der Waals surface area contributed by atoms with Crippen LogP contribution in [0.5, 0.6) is 5.75 Å². The van der Waals surface area contributed by atoms with Crippen molar-refractivity contribution in [2.24, 2.45) is 0 Å². The normalized spacial score (nSPS) is 11.4. The van der Waals surface area contributed by atoms with Gasteiger partial charge in [-0.1, -0.05) is 18.2 Å². The van der Waals surface area contributed by atoms with Gasteiger partial charge in [-0.3, -0.25) is 20.4 Å². The molecular formula is C18H16F2N2O5. The summed E-state index contributed by atoms with van der Waals surface area (Å²) in [5.74, 6) is -2.23. The molecule has 7 nitrogen and oxygen atoms in total. The Morgan fingerprint density at radius 2 is 1.52 bits per heavy atom. The molecule has 0 radical (unpaired) electrons. The van der Waals surface area contributed by atoms with Crippen LogP contribution < -0.4 is 15.6 Å². The molecule has 0 spiro atoms. The topological polar surface area (TPSA) is 93.7 Å². The van der Waals surface area contributed by atoms with Gasteiger partial charge in [-0.15, -0.1) is 0 Å². The lowest BCUT2D eigenvalue weighted by Crippen LogP contribution is -2.46. The zero-order valence-electron chi connectivity index (χ0n) is 14.1. The van der Waals surface area contributed by atoms with E-state index in [9.17, 15) is 23.2 Å². The first-order valence-corrected chi connectivity index (χ1v) is 7.78. The molecule has 0 aliphatic heterocycles. The van der Waals surface area contributed by atoms with Gasteiger partial charge in [0.25, 0.3) is 11.8 Å². The number of alkyl halides is 2. The number of rotatable bonds is 6. The number of amides is 2. The van der Waals surface area contributed by atoms with Crippen LogP contribution in [-0.2, 0) is 9.53 Å². The third-order valence-electron chi connectivity index (χ3n) is 3.30. The van der Waals surface area contributed by atoms with Crippen LogP contribution in [0.3, 0.4) is 0 Å². The smallest absolute Gasteiger partial charge is 0.387 e. The van der Waals surface area contributed by atoms with E-state index in [0.29, 0.717) is 5.56 Å². The number of esters is 1. The van der Waals surface area contributed by atoms with Gasteiger partial charge in [0.05, 0.1) is 5.56 Å². The van der Waals surface area contributed by atoms with E-state index in [1.54, 1.807) is 30.3 Å². The number of carbonyl (C=O) groups is 3. The molecule has 0 saturated carbocycles. The Kier molecular flexibility index (Phi) is 6.81. The van der Waals surface area contributed by atoms with Gasteiger partial charge in [0.15, 0.2) is 6.10 Å². The zero-order valence-corrected chi connectivity index (χ0v) is 14.1. The first-order valence-electron chi connectivity index (χ1n) is 7.78. The van der Waals surface area contributed by atoms with Crippen LogP contribution in [0.2, 0.25) is 0 Å². The maximum absolute atomic E-state index is 12.1. The molecule has 0 unspecified atom stereocenters. The SMILES string of the molecule is C[C@@H](OC(=O)c1ccc(OC(F)F)cc1)C(=O)NNC(=O)c1ccccc1. The van der Waals surface area contributed by atoms with Crippen molar-refractivity contribution in [1.29, 1.82) is 0 Å². The molecule has 0 fully saturated rings. The van der Waals surface area contributed by atoms with E-state index in [1.165, 1.54) is 31.2 Å². The highest BCUT2D eigenvalue weighted by molar-refractivity contribution is 5.96. The lowest BCUT2D eigenvalue weighted by molar-refractivity contribution is -0.129. The summed E-state index contributed by atoms with van der Waals surface area (Å²) < 4.78 is 33.3. The highest BCUT2D eigenvalue weighted by Gasteiger charge is 2.20. The largest absolute Gasteiger partial charge is 0.449 e. The molecular weight excluding hydrogens is 362 g/mol. The molecule has 9 heteroatoms. The summed E-state index contributed by atoms with van der Waals surface area (Å²) in [7, 11) is 0. The van der Waals surface area contributed by atoms with Gasteiger partial charge >= 0.3 is 12.6 Å². The van der Waals surface area contributed by atoms with Crippen molar-refractivity contribution >= 4 is 17.8 Å². The number of nitrogens with one attached hydrogen (secondary N) is 2. The average Bonchev–Trinajstić information content (AvgIpc) is 2.66. The van der Waals surface area contributed by atoms with Gasteiger partial charge in [-0.25, -0.2) is 4.79 Å². The van der Waals surface area contributed by atoms with Crippen molar-refractivity contribution in [1.82, 2.24) is 10.9 Å². The van der Waals surface area contributed by atoms with Crippen LogP contribution in [0.1, 0.15) is 27.6 Å². The lowest BCUT2D eigenvalue weighted by Gasteiger charge is -2.14. The average molecular weight is 378 g/mol. The molecule has 2 aromatic rings. The minimum Gasteiger partial charge on any atom is -0.449 e. The van der Waals surface area contributed by atoms with E-state index in [0.717, 1.165) is 0 Å². The molecule has 2 amide bonds. The third-order valence-corrected chi connectivity index (χ3v) is 3.30. The summed E-state index contributed by atoms with van der Waals surface area (Å²) in [6.07, 6.45) is -1.20. The standard InChI is InChI=1S/C18H16F2N2O5/c1-11(15(23)21-22-16(24)12-5-3-2-4-6-12)26-17(25)13-7-9-14(10-8-13)27-18(19)20/h2-11,18H,1H3,(H,21,23)(H,22,24)/t11-/m1/s1. The second-order valence-corrected chi connectivity index (χ2v) is 5.26. The van der Waals surface area contributed by atoms with E-state index in [4.69, 9.17) is 4.74 Å². The first-order chi connectivity index (χ1) is 12.9. The summed E-state index contributed by atoms with van der Waals surface area (Å²) in [4.78, 5) is 35.7. The van der Waals surface area contributed by atoms with Crippen LogP contribution in [0, 0.1) is 0 Å². The van der Waals surface area contributed by atoms with Crippen molar-refractivity contribution in [3.05, 3.63) is 65.7 Å². The molecule has 0 heterocycles. The number of hydrogen-bond donors (Lipinski definition) is 2. The Bertz CT molecular complexity index is 797. The highest BCUT2D eigenvalue weighted by atomic mass is 19.3. The number of hydrogen-bond acceptors (Lipinski definition) is 5. The van der Waals surface area contributed by atoms with Gasteiger partial charge in [0, 0.05) is 5.56 Å². The van der Waals surface area contributed by atoms with Crippen molar-refractivity contribution in [2.45, 2.75) is 19.6 Å². The Hall–Kier alpha value is -3.49. The van der Waals surface area contributed by atoms with Crippen LogP contribution in [0.4, 0.5) is 8.78 Å². The van der Waals surface area contributed by atoms with Gasteiger partial charge in [0.1, 0.15) is 5.75 Å². The Labute approximate surface area is 153 Å². The monoisotopic (exact) mass is 378 g/mol. The Morgan fingerprint density at radius 3 is 2.11 bits per heavy atom. The van der Waals surface area contributed by atoms with E-state index in [-0.39, 0.29) is 11.3 Å². The predicted octanol–water partition coefficient (Wildman–Crippen LogP) is 2.29. The fourth-order valence-electron chi connectivity index (χ4n) is 1.94. The van der Waals surface area contributed by atoms with Gasteiger partial charge in [-0.05, 0) is 43.3 Å². The summed E-state index contributed by atoms with van der Waals surface area (Å²) >= 11 is 0. The molecule has 0 aliphatic carbocycles. The maximum atomic E-state index is 12.1. The number of hydrazine groups is 1. The zero-order chi connectivity index (χ0) is 19.8. The molecule has 27 heavy (non-hydrogen) atoms. The quantitative estimate of drug-likeness (QED) is 0.594. The Morgan fingerprint density at radius 1 is 0.889 bits per heavy atom. The molecule has 0 saturated heterocycles. The Balaban J connectivity index is 1.84. The van der Waals surface area contributed by atoms with Crippen molar-refractivity contribution < 1.29 is 32.6 Å². The molecule has 0 bridgehead atoms. The maximum Gasteiger partial charge on any atom is 0.387 e. The van der Waals surface area contributed by atoms with Gasteiger partial charge in [-0.2, -0.15) is 8.78 Å². The summed E-state index contributed by atoms with van der Waals surface area (Å²) in [6.45, 7) is -1.66. The fourth-order valence-corrected chi connectivity index (χ4v) is 1.94. The van der Waals surface area contributed by atoms with Crippen LogP contribution in [-0.4, -0.2) is 30.5 Å². The first kappa shape index (κ1) is 19.8. The molecule has 1 atom stereocenters. The number of ether oxygens (including phenoxy) is 2. The van der Waals surface area contributed by atoms with Crippen molar-refractivity contribution in [3.63, 3.8) is 0 Å². The lowest BCUT2D eigenvalue weighted by atomic mass is 10.2. The third kappa shape index (κ3) is 6.07. The van der Waals surface area contributed by atoms with Crippen molar-refractivity contribution in [2.75, 3.05) is 0 Å². The van der Waals surface area contributed by atoms with E-state index >= 15 is 0 Å². The molecule has 2 N–H and O–H groups in total. The van der Waals surface area contributed by atoms with E-state index < -0.39 is 30.5 Å². The fraction of sp³-hybridized carbons (Fsp3) is 0.167. The van der Waals surface area contributed by atoms with Crippen molar-refractivity contribution in [3.8, 4) is 5.75 Å². The van der Waals surface area contributed by atoms with E-state index in [2.05, 4.69) is 15.6 Å². The summed E-state index contributed by atoms with van der Waals surface area (Å²) in [5, 5.41) is 0. The minimum absolute atomic E-state index is 0.0459. The minimum atomic E-state index is -2.97. The number of halogens is 2. The van der Waals surface area contributed by atoms with Crippen LogP contribution >= 0.6 is 0 Å². The molecule has 2 aromatic carbocycles. The number of carbonyl (C=O) groups excluding carboxylic acids is 3. The van der Waals surface area contributed by atoms with E-state index in [1.807, 2.05) is 0 Å². The molecule has 2 rings (SSSR count). The second kappa shape index (κ2) is 9.27.